The van der Waals surface area contributed by atoms with E-state index in [0.29, 0.717) is 18.4 Å². The Morgan fingerprint density at radius 2 is 2.00 bits per heavy atom. The quantitative estimate of drug-likeness (QED) is 0.901. The molecule has 2 aliphatic rings. The standard InChI is InChI=1S/C14H17F2N3O/c15-13(16)20-11-5-3-10(4-6-11)12-7-18-14(17)19(12)8-9-1-2-9/h3-6,9,12-13H,1-2,7-8H2,(H2,17,18). The fourth-order valence-corrected chi connectivity index (χ4v) is 2.49. The number of ether oxygens (including phenoxy) is 1. The van der Waals surface area contributed by atoms with Crippen molar-refractivity contribution in [1.29, 1.82) is 0 Å². The summed E-state index contributed by atoms with van der Waals surface area (Å²) in [6, 6.07) is 6.83. The Kier molecular flexibility index (Phi) is 3.46. The number of guanidine groups is 1. The summed E-state index contributed by atoms with van der Waals surface area (Å²) in [5.41, 5.74) is 6.96. The van der Waals surface area contributed by atoms with Crippen LogP contribution in [0.4, 0.5) is 8.78 Å². The van der Waals surface area contributed by atoms with Crippen molar-refractivity contribution < 1.29 is 13.5 Å². The molecule has 1 aromatic rings. The van der Waals surface area contributed by atoms with Crippen LogP contribution in [0.15, 0.2) is 29.3 Å². The van der Waals surface area contributed by atoms with Gasteiger partial charge in [-0.2, -0.15) is 8.78 Å². The molecule has 1 heterocycles. The summed E-state index contributed by atoms with van der Waals surface area (Å²) in [7, 11) is 0. The maximum Gasteiger partial charge on any atom is 0.387 e. The van der Waals surface area contributed by atoms with Crippen molar-refractivity contribution in [3.63, 3.8) is 0 Å². The van der Waals surface area contributed by atoms with E-state index in [4.69, 9.17) is 5.73 Å². The minimum absolute atomic E-state index is 0.108. The molecule has 0 spiro atoms. The number of nitrogens with zero attached hydrogens (tertiary/aromatic N) is 2. The molecule has 0 amide bonds. The lowest BCUT2D eigenvalue weighted by Crippen LogP contribution is -2.37. The topological polar surface area (TPSA) is 50.9 Å². The predicted molar refractivity (Wildman–Crippen MR) is 71.7 cm³/mol. The molecular formula is C14H17F2N3O. The summed E-state index contributed by atoms with van der Waals surface area (Å²) in [6.07, 6.45) is 2.50. The van der Waals surface area contributed by atoms with Gasteiger partial charge in [0.05, 0.1) is 12.6 Å². The highest BCUT2D eigenvalue weighted by molar-refractivity contribution is 5.80. The SMILES string of the molecule is NC1=NCC(c2ccc(OC(F)F)cc2)N1CC1CC1. The number of alkyl halides is 2. The van der Waals surface area contributed by atoms with E-state index in [1.165, 1.54) is 12.8 Å². The number of hydrogen-bond acceptors (Lipinski definition) is 4. The van der Waals surface area contributed by atoms with Gasteiger partial charge in [0, 0.05) is 6.54 Å². The van der Waals surface area contributed by atoms with Crippen LogP contribution in [0.5, 0.6) is 5.75 Å². The van der Waals surface area contributed by atoms with Crippen LogP contribution in [0.1, 0.15) is 24.4 Å². The molecule has 1 unspecified atom stereocenters. The molecule has 0 aromatic heterocycles. The molecular weight excluding hydrogens is 264 g/mol. The van der Waals surface area contributed by atoms with E-state index < -0.39 is 6.61 Å². The summed E-state index contributed by atoms with van der Waals surface area (Å²) in [6.45, 7) is -1.25. The third kappa shape index (κ3) is 2.84. The van der Waals surface area contributed by atoms with E-state index in [0.717, 1.165) is 12.1 Å². The lowest BCUT2D eigenvalue weighted by Gasteiger charge is -2.26. The number of halogens is 2. The Labute approximate surface area is 116 Å². The van der Waals surface area contributed by atoms with Crippen molar-refractivity contribution in [2.45, 2.75) is 25.5 Å². The zero-order valence-corrected chi connectivity index (χ0v) is 11.0. The highest BCUT2D eigenvalue weighted by Gasteiger charge is 2.32. The van der Waals surface area contributed by atoms with Gasteiger partial charge in [-0.3, -0.25) is 4.99 Å². The Morgan fingerprint density at radius 1 is 1.30 bits per heavy atom. The van der Waals surface area contributed by atoms with E-state index in [1.54, 1.807) is 24.3 Å². The van der Waals surface area contributed by atoms with E-state index >= 15 is 0 Å². The first-order valence-electron chi connectivity index (χ1n) is 6.75. The summed E-state index contributed by atoms with van der Waals surface area (Å²) >= 11 is 0. The highest BCUT2D eigenvalue weighted by Crippen LogP contribution is 2.34. The number of hydrogen-bond donors (Lipinski definition) is 1. The molecule has 0 radical (unpaired) electrons. The molecule has 1 saturated carbocycles. The van der Waals surface area contributed by atoms with Crippen LogP contribution in [0.2, 0.25) is 0 Å². The lowest BCUT2D eigenvalue weighted by atomic mass is 10.1. The molecule has 1 aliphatic heterocycles. The molecule has 20 heavy (non-hydrogen) atoms. The Bertz CT molecular complexity index is 500. The van der Waals surface area contributed by atoms with Gasteiger partial charge in [-0.05, 0) is 36.5 Å². The highest BCUT2D eigenvalue weighted by atomic mass is 19.3. The summed E-state index contributed by atoms with van der Waals surface area (Å²) in [4.78, 5) is 6.41. The zero-order chi connectivity index (χ0) is 14.1. The summed E-state index contributed by atoms with van der Waals surface area (Å²) in [5, 5.41) is 0. The first-order valence-corrected chi connectivity index (χ1v) is 6.75. The maximum atomic E-state index is 12.1. The van der Waals surface area contributed by atoms with E-state index in [-0.39, 0.29) is 11.8 Å². The van der Waals surface area contributed by atoms with Crippen LogP contribution in [0, 0.1) is 5.92 Å². The third-order valence-electron chi connectivity index (χ3n) is 3.74. The minimum Gasteiger partial charge on any atom is -0.435 e. The van der Waals surface area contributed by atoms with Gasteiger partial charge in [0.2, 0.25) is 0 Å². The summed E-state index contributed by atoms with van der Waals surface area (Å²) in [5.74, 6) is 1.46. The van der Waals surface area contributed by atoms with Crippen molar-refractivity contribution in [3.8, 4) is 5.75 Å². The average molecular weight is 281 g/mol. The molecule has 3 rings (SSSR count). The fraction of sp³-hybridized carbons (Fsp3) is 0.500. The number of benzene rings is 1. The van der Waals surface area contributed by atoms with Crippen LogP contribution in [0.25, 0.3) is 0 Å². The first kappa shape index (κ1) is 13.1. The fourth-order valence-electron chi connectivity index (χ4n) is 2.49. The Morgan fingerprint density at radius 3 is 2.60 bits per heavy atom. The van der Waals surface area contributed by atoms with Gasteiger partial charge in [0.15, 0.2) is 5.96 Å². The van der Waals surface area contributed by atoms with Gasteiger partial charge in [0.25, 0.3) is 0 Å². The van der Waals surface area contributed by atoms with Crippen LogP contribution in [0.3, 0.4) is 0 Å². The molecule has 6 heteroatoms. The van der Waals surface area contributed by atoms with E-state index in [9.17, 15) is 8.78 Å². The van der Waals surface area contributed by atoms with Crippen molar-refractivity contribution >= 4 is 5.96 Å². The zero-order valence-electron chi connectivity index (χ0n) is 11.0. The molecule has 1 fully saturated rings. The van der Waals surface area contributed by atoms with Gasteiger partial charge >= 0.3 is 6.61 Å². The first-order chi connectivity index (χ1) is 9.63. The van der Waals surface area contributed by atoms with Crippen LogP contribution >= 0.6 is 0 Å². The molecule has 2 N–H and O–H groups in total. The monoisotopic (exact) mass is 281 g/mol. The summed E-state index contributed by atoms with van der Waals surface area (Å²) < 4.78 is 28.6. The average Bonchev–Trinajstić information content (AvgIpc) is 3.15. The van der Waals surface area contributed by atoms with Crippen molar-refractivity contribution in [3.05, 3.63) is 29.8 Å². The normalized spacial score (nSPS) is 22.2. The largest absolute Gasteiger partial charge is 0.435 e. The van der Waals surface area contributed by atoms with Crippen molar-refractivity contribution in [2.75, 3.05) is 13.1 Å². The van der Waals surface area contributed by atoms with Crippen molar-refractivity contribution in [2.24, 2.45) is 16.6 Å². The third-order valence-corrected chi connectivity index (χ3v) is 3.74. The number of rotatable bonds is 5. The van der Waals surface area contributed by atoms with Crippen LogP contribution in [-0.4, -0.2) is 30.6 Å². The second kappa shape index (κ2) is 5.26. The van der Waals surface area contributed by atoms with Gasteiger partial charge in [-0.15, -0.1) is 0 Å². The van der Waals surface area contributed by atoms with Gasteiger partial charge < -0.3 is 15.4 Å². The molecule has 108 valence electrons. The van der Waals surface area contributed by atoms with Gasteiger partial charge in [-0.25, -0.2) is 0 Å². The Hall–Kier alpha value is -1.85. The number of aliphatic imine (C=N–C) groups is 1. The van der Waals surface area contributed by atoms with E-state index in [2.05, 4.69) is 14.6 Å². The second-order valence-electron chi connectivity index (χ2n) is 5.26. The molecule has 1 aromatic carbocycles. The molecule has 4 nitrogen and oxygen atoms in total. The maximum absolute atomic E-state index is 12.1. The van der Waals surface area contributed by atoms with Crippen LogP contribution < -0.4 is 10.5 Å². The smallest absolute Gasteiger partial charge is 0.387 e. The van der Waals surface area contributed by atoms with E-state index in [1.807, 2.05) is 0 Å². The Balaban J connectivity index is 1.71. The lowest BCUT2D eigenvalue weighted by molar-refractivity contribution is -0.0498. The van der Waals surface area contributed by atoms with Gasteiger partial charge in [0.1, 0.15) is 5.75 Å². The van der Waals surface area contributed by atoms with Crippen molar-refractivity contribution in [1.82, 2.24) is 4.90 Å². The molecule has 0 saturated heterocycles. The predicted octanol–water partition coefficient (Wildman–Crippen LogP) is 2.37. The number of nitrogens with two attached hydrogens (primary N) is 1. The molecule has 0 bridgehead atoms. The second-order valence-corrected chi connectivity index (χ2v) is 5.26. The van der Waals surface area contributed by atoms with Crippen LogP contribution in [-0.2, 0) is 0 Å². The minimum atomic E-state index is -2.79. The van der Waals surface area contributed by atoms with Gasteiger partial charge in [-0.1, -0.05) is 12.1 Å². The molecule has 1 aliphatic carbocycles. The molecule has 1 atom stereocenters.